The fourth-order valence-electron chi connectivity index (χ4n) is 1.28. The summed E-state index contributed by atoms with van der Waals surface area (Å²) < 4.78 is 4.54. The normalized spacial score (nSPS) is 29.8. The van der Waals surface area contributed by atoms with Crippen LogP contribution in [0.5, 0.6) is 0 Å². The molecule has 0 saturated carbocycles. The van der Waals surface area contributed by atoms with Gasteiger partial charge in [-0.2, -0.15) is 11.8 Å². The molecule has 1 aliphatic heterocycles. The van der Waals surface area contributed by atoms with Gasteiger partial charge < -0.3 is 9.84 Å². The molecular formula is C8H14O3S. The van der Waals surface area contributed by atoms with Gasteiger partial charge in [-0.3, -0.25) is 4.79 Å². The molecule has 70 valence electrons. The molecule has 0 aliphatic carbocycles. The summed E-state index contributed by atoms with van der Waals surface area (Å²) in [5.41, 5.74) is 0. The van der Waals surface area contributed by atoms with Crippen molar-refractivity contribution >= 4 is 17.7 Å². The molecule has 0 radical (unpaired) electrons. The van der Waals surface area contributed by atoms with Crippen molar-refractivity contribution in [3.05, 3.63) is 0 Å². The summed E-state index contributed by atoms with van der Waals surface area (Å²) in [6, 6.07) is 0. The summed E-state index contributed by atoms with van der Waals surface area (Å²) in [6.45, 7) is 0. The fourth-order valence-corrected chi connectivity index (χ4v) is 2.50. The van der Waals surface area contributed by atoms with Gasteiger partial charge in [-0.25, -0.2) is 0 Å². The van der Waals surface area contributed by atoms with Crippen LogP contribution in [0.15, 0.2) is 0 Å². The zero-order valence-electron chi connectivity index (χ0n) is 7.16. The number of carbonyl (C=O) groups excluding carboxylic acids is 1. The van der Waals surface area contributed by atoms with E-state index >= 15 is 0 Å². The Bertz CT molecular complexity index is 160. The van der Waals surface area contributed by atoms with Crippen molar-refractivity contribution in [1.82, 2.24) is 0 Å². The molecule has 0 unspecified atom stereocenters. The first kappa shape index (κ1) is 9.86. The molecule has 12 heavy (non-hydrogen) atoms. The maximum absolute atomic E-state index is 10.9. The predicted octanol–water partition coefficient (Wildman–Crippen LogP) is 0.663. The highest BCUT2D eigenvalue weighted by Gasteiger charge is 2.25. The van der Waals surface area contributed by atoms with Gasteiger partial charge in [-0.05, 0) is 17.9 Å². The van der Waals surface area contributed by atoms with Crippen LogP contribution in [0, 0.1) is 5.92 Å². The topological polar surface area (TPSA) is 46.5 Å². The first-order chi connectivity index (χ1) is 5.74. The molecule has 1 fully saturated rings. The quantitative estimate of drug-likeness (QED) is 0.650. The molecule has 1 N–H and O–H groups in total. The van der Waals surface area contributed by atoms with Gasteiger partial charge in [0.15, 0.2) is 0 Å². The molecule has 0 spiro atoms. The lowest BCUT2D eigenvalue weighted by atomic mass is 9.98. The number of aliphatic hydroxyl groups excluding tert-OH is 1. The van der Waals surface area contributed by atoms with E-state index in [2.05, 4.69) is 4.74 Å². The molecular weight excluding hydrogens is 176 g/mol. The van der Waals surface area contributed by atoms with Gasteiger partial charge in [-0.15, -0.1) is 0 Å². The Morgan fingerprint density at radius 2 is 2.50 bits per heavy atom. The van der Waals surface area contributed by atoms with E-state index in [1.54, 1.807) is 11.8 Å². The highest BCUT2D eigenvalue weighted by atomic mass is 32.2. The molecule has 3 nitrogen and oxygen atoms in total. The fraction of sp³-hybridized carbons (Fsp3) is 0.875. The Hall–Kier alpha value is -0.220. The van der Waals surface area contributed by atoms with E-state index in [0.717, 1.165) is 17.9 Å². The minimum Gasteiger partial charge on any atom is -0.469 e. The van der Waals surface area contributed by atoms with E-state index in [-0.39, 0.29) is 18.0 Å². The number of carbonyl (C=O) groups is 1. The van der Waals surface area contributed by atoms with Crippen LogP contribution in [0.4, 0.5) is 0 Å². The molecule has 2 atom stereocenters. The first-order valence-electron chi connectivity index (χ1n) is 4.06. The van der Waals surface area contributed by atoms with E-state index in [9.17, 15) is 9.90 Å². The summed E-state index contributed by atoms with van der Waals surface area (Å²) in [4.78, 5) is 10.9. The highest BCUT2D eigenvalue weighted by molar-refractivity contribution is 7.99. The van der Waals surface area contributed by atoms with Gasteiger partial charge in [0.25, 0.3) is 0 Å². The van der Waals surface area contributed by atoms with Crippen molar-refractivity contribution < 1.29 is 14.6 Å². The van der Waals surface area contributed by atoms with Crippen molar-refractivity contribution in [3.63, 3.8) is 0 Å². The summed E-state index contributed by atoms with van der Waals surface area (Å²) in [7, 11) is 1.38. The number of hydrogen-bond acceptors (Lipinski definition) is 4. The Morgan fingerprint density at radius 3 is 3.08 bits per heavy atom. The van der Waals surface area contributed by atoms with Crippen LogP contribution in [0.3, 0.4) is 0 Å². The van der Waals surface area contributed by atoms with E-state index in [4.69, 9.17) is 0 Å². The maximum atomic E-state index is 10.9. The second kappa shape index (κ2) is 4.72. The third-order valence-corrected chi connectivity index (χ3v) is 3.28. The largest absolute Gasteiger partial charge is 0.469 e. The smallest absolute Gasteiger partial charge is 0.305 e. The summed E-state index contributed by atoms with van der Waals surface area (Å²) >= 11 is 1.79. The predicted molar refractivity (Wildman–Crippen MR) is 48.1 cm³/mol. The van der Waals surface area contributed by atoms with Gasteiger partial charge in [0, 0.05) is 5.92 Å². The molecule has 1 aliphatic rings. The Labute approximate surface area is 76.5 Å². The Morgan fingerprint density at radius 1 is 1.75 bits per heavy atom. The van der Waals surface area contributed by atoms with E-state index in [1.165, 1.54) is 7.11 Å². The SMILES string of the molecule is COC(=O)C[C@H]1CSCC[C@@H]1O. The summed E-state index contributed by atoms with van der Waals surface area (Å²) in [5, 5.41) is 9.49. The third kappa shape index (κ3) is 2.68. The minimum atomic E-state index is -0.314. The lowest BCUT2D eigenvalue weighted by Gasteiger charge is -2.25. The van der Waals surface area contributed by atoms with Crippen LogP contribution in [0.1, 0.15) is 12.8 Å². The lowest BCUT2D eigenvalue weighted by Crippen LogP contribution is -2.29. The number of esters is 1. The van der Waals surface area contributed by atoms with Crippen LogP contribution in [-0.2, 0) is 9.53 Å². The second-order valence-electron chi connectivity index (χ2n) is 2.97. The van der Waals surface area contributed by atoms with Crippen LogP contribution >= 0.6 is 11.8 Å². The van der Waals surface area contributed by atoms with Crippen molar-refractivity contribution in [2.45, 2.75) is 18.9 Å². The van der Waals surface area contributed by atoms with Crippen molar-refractivity contribution in [3.8, 4) is 0 Å². The molecule has 1 saturated heterocycles. The summed E-state index contributed by atoms with van der Waals surface area (Å²) in [6.07, 6.45) is 0.835. The standard InChI is InChI=1S/C8H14O3S/c1-11-8(10)4-6-5-12-3-2-7(6)9/h6-7,9H,2-5H2,1H3/t6-,7-/m0/s1. The van der Waals surface area contributed by atoms with E-state index in [0.29, 0.717) is 6.42 Å². The van der Waals surface area contributed by atoms with Gasteiger partial charge in [0.05, 0.1) is 19.6 Å². The zero-order chi connectivity index (χ0) is 8.97. The van der Waals surface area contributed by atoms with E-state index < -0.39 is 0 Å². The van der Waals surface area contributed by atoms with Crippen LogP contribution in [-0.4, -0.2) is 35.8 Å². The molecule has 1 rings (SSSR count). The maximum Gasteiger partial charge on any atom is 0.305 e. The van der Waals surface area contributed by atoms with Crippen LogP contribution in [0.2, 0.25) is 0 Å². The number of rotatable bonds is 2. The number of ether oxygens (including phenoxy) is 1. The van der Waals surface area contributed by atoms with Gasteiger partial charge in [-0.1, -0.05) is 0 Å². The highest BCUT2D eigenvalue weighted by Crippen LogP contribution is 2.25. The molecule has 4 heteroatoms. The third-order valence-electron chi connectivity index (χ3n) is 2.09. The molecule has 0 aromatic carbocycles. The van der Waals surface area contributed by atoms with Gasteiger partial charge >= 0.3 is 5.97 Å². The van der Waals surface area contributed by atoms with Gasteiger partial charge in [0.2, 0.25) is 0 Å². The van der Waals surface area contributed by atoms with E-state index in [1.807, 2.05) is 0 Å². The average Bonchev–Trinajstić information content (AvgIpc) is 2.09. The zero-order valence-corrected chi connectivity index (χ0v) is 7.97. The van der Waals surface area contributed by atoms with Crippen molar-refractivity contribution in [2.75, 3.05) is 18.6 Å². The van der Waals surface area contributed by atoms with Crippen LogP contribution in [0.25, 0.3) is 0 Å². The minimum absolute atomic E-state index is 0.0937. The number of methoxy groups -OCH3 is 1. The van der Waals surface area contributed by atoms with Gasteiger partial charge in [0.1, 0.15) is 0 Å². The average molecular weight is 190 g/mol. The van der Waals surface area contributed by atoms with Crippen LogP contribution < -0.4 is 0 Å². The molecule has 0 aromatic heterocycles. The molecule has 0 bridgehead atoms. The number of aliphatic hydroxyl groups is 1. The second-order valence-corrected chi connectivity index (χ2v) is 4.12. The molecule has 0 amide bonds. The number of hydrogen-bond donors (Lipinski definition) is 1. The monoisotopic (exact) mass is 190 g/mol. The van der Waals surface area contributed by atoms with Crippen molar-refractivity contribution in [2.24, 2.45) is 5.92 Å². The molecule has 0 aromatic rings. The lowest BCUT2D eigenvalue weighted by molar-refractivity contribution is -0.142. The Kier molecular flexibility index (Phi) is 3.88. The summed E-state index contributed by atoms with van der Waals surface area (Å²) in [5.74, 6) is 1.74. The number of thioether (sulfide) groups is 1. The Balaban J connectivity index is 2.33. The molecule has 1 heterocycles. The van der Waals surface area contributed by atoms with Crippen molar-refractivity contribution in [1.29, 1.82) is 0 Å². The first-order valence-corrected chi connectivity index (χ1v) is 5.22.